The lowest BCUT2D eigenvalue weighted by Crippen LogP contribution is -2.45. The highest BCUT2D eigenvalue weighted by atomic mass is 35.5. The van der Waals surface area contributed by atoms with Crippen LogP contribution in [0.2, 0.25) is 5.02 Å². The summed E-state index contributed by atoms with van der Waals surface area (Å²) in [7, 11) is 0. The lowest BCUT2D eigenvalue weighted by Gasteiger charge is -2.39. The molecule has 1 atom stereocenters. The summed E-state index contributed by atoms with van der Waals surface area (Å²) < 4.78 is 0. The summed E-state index contributed by atoms with van der Waals surface area (Å²) >= 11 is 6.03. The molecule has 1 fully saturated rings. The number of anilines is 2. The third-order valence-electron chi connectivity index (χ3n) is 6.88. The van der Waals surface area contributed by atoms with Gasteiger partial charge in [0.05, 0.1) is 0 Å². The fourth-order valence-electron chi connectivity index (χ4n) is 5.39. The Balaban J connectivity index is 1.54. The maximum Gasteiger partial charge on any atom is 0.224 e. The molecule has 2 aliphatic rings. The van der Waals surface area contributed by atoms with Crippen LogP contribution in [0, 0.1) is 0 Å². The summed E-state index contributed by atoms with van der Waals surface area (Å²) in [6.45, 7) is 3.82. The molecule has 0 saturated heterocycles. The maximum absolute atomic E-state index is 12.6. The van der Waals surface area contributed by atoms with Gasteiger partial charge < -0.3 is 10.2 Å². The molecule has 1 aliphatic heterocycles. The van der Waals surface area contributed by atoms with Gasteiger partial charge in [0.25, 0.3) is 0 Å². The molecule has 0 bridgehead atoms. The van der Waals surface area contributed by atoms with Crippen molar-refractivity contribution in [1.29, 1.82) is 0 Å². The molecule has 2 aromatic carbocycles. The highest BCUT2D eigenvalue weighted by Gasteiger charge is 2.50. The predicted molar refractivity (Wildman–Crippen MR) is 122 cm³/mol. The Morgan fingerprint density at radius 3 is 2.60 bits per heavy atom. The highest BCUT2D eigenvalue weighted by molar-refractivity contribution is 6.30. The molecule has 1 N–H and O–H groups in total. The molecular weight excluding hydrogens is 396 g/mol. The molecule has 1 aliphatic carbocycles. The summed E-state index contributed by atoms with van der Waals surface area (Å²) in [5.41, 5.74) is 4.10. The number of aryl methyl sites for hydroxylation is 1. The minimum atomic E-state index is -0.0120. The number of amides is 2. The van der Waals surface area contributed by atoms with Crippen LogP contribution < -0.4 is 10.2 Å². The molecule has 30 heavy (non-hydrogen) atoms. The van der Waals surface area contributed by atoms with Gasteiger partial charge >= 0.3 is 0 Å². The Kier molecular flexibility index (Phi) is 5.88. The van der Waals surface area contributed by atoms with Crippen molar-refractivity contribution in [2.75, 3.05) is 10.2 Å². The van der Waals surface area contributed by atoms with E-state index in [2.05, 4.69) is 18.3 Å². The first-order chi connectivity index (χ1) is 14.4. The van der Waals surface area contributed by atoms with Gasteiger partial charge in [-0.1, -0.05) is 43.0 Å². The van der Waals surface area contributed by atoms with Crippen LogP contribution in [0.4, 0.5) is 11.4 Å². The van der Waals surface area contributed by atoms with E-state index in [9.17, 15) is 9.59 Å². The van der Waals surface area contributed by atoms with Gasteiger partial charge in [-0.25, -0.2) is 0 Å². The number of nitrogens with one attached hydrogen (secondary N) is 1. The largest absolute Gasteiger partial charge is 0.326 e. The van der Waals surface area contributed by atoms with Gasteiger partial charge in [-0.05, 0) is 67.6 Å². The number of carbonyl (C=O) groups is 2. The molecule has 4 nitrogen and oxygen atoms in total. The SMILES string of the molecule is CC(=O)N1c2ccc(NC(=O)CCc3cccc(Cl)c3)cc2C2(CCCCC2)C1C. The lowest BCUT2D eigenvalue weighted by atomic mass is 9.67. The summed E-state index contributed by atoms with van der Waals surface area (Å²) in [6.07, 6.45) is 6.87. The minimum Gasteiger partial charge on any atom is -0.326 e. The van der Waals surface area contributed by atoms with Crippen molar-refractivity contribution in [3.63, 3.8) is 0 Å². The van der Waals surface area contributed by atoms with Gasteiger partial charge in [0.15, 0.2) is 0 Å². The molecule has 0 radical (unpaired) electrons. The zero-order valence-corrected chi connectivity index (χ0v) is 18.5. The smallest absolute Gasteiger partial charge is 0.224 e. The summed E-state index contributed by atoms with van der Waals surface area (Å²) in [5, 5.41) is 3.75. The highest BCUT2D eigenvalue weighted by Crippen LogP contribution is 2.53. The average molecular weight is 425 g/mol. The Labute approximate surface area is 183 Å². The van der Waals surface area contributed by atoms with E-state index in [-0.39, 0.29) is 23.3 Å². The van der Waals surface area contributed by atoms with E-state index in [0.717, 1.165) is 29.8 Å². The van der Waals surface area contributed by atoms with E-state index < -0.39 is 0 Å². The van der Waals surface area contributed by atoms with E-state index in [1.165, 1.54) is 24.8 Å². The van der Waals surface area contributed by atoms with Crippen molar-refractivity contribution >= 4 is 34.8 Å². The van der Waals surface area contributed by atoms with E-state index in [4.69, 9.17) is 11.6 Å². The van der Waals surface area contributed by atoms with Crippen LogP contribution in [0.3, 0.4) is 0 Å². The molecule has 1 spiro atoms. The molecule has 2 amide bonds. The number of halogens is 1. The molecule has 0 aromatic heterocycles. The van der Waals surface area contributed by atoms with Crippen LogP contribution in [-0.2, 0) is 21.4 Å². The zero-order valence-electron chi connectivity index (χ0n) is 17.7. The molecule has 2 aromatic rings. The van der Waals surface area contributed by atoms with Crippen LogP contribution in [0.1, 0.15) is 63.5 Å². The Morgan fingerprint density at radius 2 is 1.90 bits per heavy atom. The molecule has 1 heterocycles. The van der Waals surface area contributed by atoms with E-state index in [0.29, 0.717) is 17.9 Å². The first-order valence-corrected chi connectivity index (χ1v) is 11.3. The Bertz CT molecular complexity index is 965. The number of hydrogen-bond donors (Lipinski definition) is 1. The van der Waals surface area contributed by atoms with Crippen LogP contribution in [0.5, 0.6) is 0 Å². The first-order valence-electron chi connectivity index (χ1n) is 10.9. The van der Waals surface area contributed by atoms with Crippen molar-refractivity contribution in [2.45, 2.75) is 70.3 Å². The summed E-state index contributed by atoms with van der Waals surface area (Å²) in [4.78, 5) is 26.9. The second-order valence-corrected chi connectivity index (χ2v) is 9.13. The van der Waals surface area contributed by atoms with Crippen LogP contribution >= 0.6 is 11.6 Å². The number of rotatable bonds is 4. The maximum atomic E-state index is 12.6. The quantitative estimate of drug-likeness (QED) is 0.667. The van der Waals surface area contributed by atoms with Crippen LogP contribution in [0.15, 0.2) is 42.5 Å². The van der Waals surface area contributed by atoms with Crippen molar-refractivity contribution in [2.24, 2.45) is 0 Å². The first kappa shape index (κ1) is 20.9. The van der Waals surface area contributed by atoms with Crippen molar-refractivity contribution in [3.05, 3.63) is 58.6 Å². The fraction of sp³-hybridized carbons (Fsp3) is 0.440. The predicted octanol–water partition coefficient (Wildman–Crippen LogP) is 5.87. The molecule has 1 unspecified atom stereocenters. The lowest BCUT2D eigenvalue weighted by molar-refractivity contribution is -0.117. The zero-order chi connectivity index (χ0) is 21.3. The van der Waals surface area contributed by atoms with Crippen molar-refractivity contribution in [3.8, 4) is 0 Å². The van der Waals surface area contributed by atoms with Gasteiger partial charge in [-0.15, -0.1) is 0 Å². The molecule has 158 valence electrons. The number of fused-ring (bicyclic) bond motifs is 2. The monoisotopic (exact) mass is 424 g/mol. The standard InChI is InChI=1S/C25H29ClN2O2/c1-17-25(13-4-3-5-14-25)22-16-21(10-11-23(22)28(17)18(2)29)27-24(30)12-9-19-7-6-8-20(26)15-19/h6-8,10-11,15-17H,3-5,9,12-14H2,1-2H3,(H,27,30). The molecule has 5 heteroatoms. The minimum absolute atomic E-state index is 0.000772. The average Bonchev–Trinajstić information content (AvgIpc) is 2.95. The van der Waals surface area contributed by atoms with E-state index in [1.807, 2.05) is 41.3 Å². The van der Waals surface area contributed by atoms with Crippen LogP contribution in [-0.4, -0.2) is 17.9 Å². The number of carbonyl (C=O) groups excluding carboxylic acids is 2. The molecular formula is C25H29ClN2O2. The third-order valence-corrected chi connectivity index (χ3v) is 7.11. The third kappa shape index (κ3) is 3.85. The molecule has 1 saturated carbocycles. The van der Waals surface area contributed by atoms with Crippen molar-refractivity contribution < 1.29 is 9.59 Å². The summed E-state index contributed by atoms with van der Waals surface area (Å²) in [5.74, 6) is 0.0756. The van der Waals surface area contributed by atoms with Gasteiger partial charge in [0.2, 0.25) is 11.8 Å². The van der Waals surface area contributed by atoms with E-state index >= 15 is 0 Å². The van der Waals surface area contributed by atoms with E-state index in [1.54, 1.807) is 6.92 Å². The number of nitrogens with zero attached hydrogens (tertiary/aromatic N) is 1. The van der Waals surface area contributed by atoms with Crippen molar-refractivity contribution in [1.82, 2.24) is 0 Å². The fourth-order valence-corrected chi connectivity index (χ4v) is 5.60. The topological polar surface area (TPSA) is 49.4 Å². The van der Waals surface area contributed by atoms with Gasteiger partial charge in [0.1, 0.15) is 0 Å². The van der Waals surface area contributed by atoms with Crippen LogP contribution in [0.25, 0.3) is 0 Å². The van der Waals surface area contributed by atoms with Gasteiger partial charge in [-0.2, -0.15) is 0 Å². The summed E-state index contributed by atoms with van der Waals surface area (Å²) in [6, 6.07) is 13.8. The number of benzene rings is 2. The Morgan fingerprint density at radius 1 is 1.13 bits per heavy atom. The molecule has 4 rings (SSSR count). The number of hydrogen-bond acceptors (Lipinski definition) is 2. The van der Waals surface area contributed by atoms with Gasteiger partial charge in [-0.3, -0.25) is 9.59 Å². The normalized spacial score (nSPS) is 19.6. The Hall–Kier alpha value is -2.33. The second kappa shape index (κ2) is 8.43. The second-order valence-electron chi connectivity index (χ2n) is 8.69. The van der Waals surface area contributed by atoms with Gasteiger partial charge in [0, 0.05) is 41.2 Å².